The first-order valence-electron chi connectivity index (χ1n) is 6.32. The summed E-state index contributed by atoms with van der Waals surface area (Å²) in [6.07, 6.45) is 2.98. The Hall–Kier alpha value is -1.31. The second kappa shape index (κ2) is 6.43. The topological polar surface area (TPSA) is 37.3 Å². The molecule has 2 heteroatoms. The summed E-state index contributed by atoms with van der Waals surface area (Å²) in [5.74, 6) is -0.147. The minimum absolute atomic E-state index is 0.281. The van der Waals surface area contributed by atoms with E-state index in [-0.39, 0.29) is 6.42 Å². The molecule has 0 spiro atoms. The summed E-state index contributed by atoms with van der Waals surface area (Å²) in [6, 6.07) is 6.61. The second-order valence-electron chi connectivity index (χ2n) is 4.94. The van der Waals surface area contributed by atoms with E-state index in [0.29, 0.717) is 5.92 Å². The van der Waals surface area contributed by atoms with Crippen molar-refractivity contribution in [1.82, 2.24) is 0 Å². The number of aryl methyl sites for hydroxylation is 2. The smallest absolute Gasteiger partial charge is 0.303 e. The summed E-state index contributed by atoms with van der Waals surface area (Å²) in [4.78, 5) is 10.4. The van der Waals surface area contributed by atoms with Crippen molar-refractivity contribution in [2.45, 2.75) is 52.4 Å². The van der Waals surface area contributed by atoms with Gasteiger partial charge in [-0.25, -0.2) is 0 Å². The molecule has 1 aromatic rings. The standard InChI is InChI=1S/C15H22O2/c1-11(2)13-9-8-12(3)14(10-13)6-4-5-7-15(16)17/h8-11H,4-7H2,1-3H3,(H,16,17). The Kier molecular flexibility index (Phi) is 5.20. The van der Waals surface area contributed by atoms with Gasteiger partial charge in [0.15, 0.2) is 0 Å². The summed E-state index contributed by atoms with van der Waals surface area (Å²) in [5.41, 5.74) is 4.04. The van der Waals surface area contributed by atoms with Gasteiger partial charge < -0.3 is 5.11 Å². The lowest BCUT2D eigenvalue weighted by atomic mass is 9.95. The van der Waals surface area contributed by atoms with Crippen LogP contribution in [0.3, 0.4) is 0 Å². The summed E-state index contributed by atoms with van der Waals surface area (Å²) < 4.78 is 0. The number of hydrogen-bond acceptors (Lipinski definition) is 1. The molecule has 0 fully saturated rings. The van der Waals surface area contributed by atoms with Crippen molar-refractivity contribution in [3.63, 3.8) is 0 Å². The van der Waals surface area contributed by atoms with Crippen LogP contribution in [0.1, 0.15) is 55.7 Å². The maximum atomic E-state index is 10.4. The minimum atomic E-state index is -0.697. The number of carbonyl (C=O) groups is 1. The monoisotopic (exact) mass is 234 g/mol. The van der Waals surface area contributed by atoms with Crippen LogP contribution < -0.4 is 0 Å². The van der Waals surface area contributed by atoms with Crippen LogP contribution in [0.2, 0.25) is 0 Å². The van der Waals surface area contributed by atoms with Crippen molar-refractivity contribution in [2.24, 2.45) is 0 Å². The zero-order valence-corrected chi connectivity index (χ0v) is 11.0. The third-order valence-electron chi connectivity index (χ3n) is 3.13. The zero-order valence-electron chi connectivity index (χ0n) is 11.0. The van der Waals surface area contributed by atoms with Crippen LogP contribution in [0.15, 0.2) is 18.2 Å². The molecule has 17 heavy (non-hydrogen) atoms. The first-order valence-corrected chi connectivity index (χ1v) is 6.32. The quantitative estimate of drug-likeness (QED) is 0.757. The molecule has 0 radical (unpaired) electrons. The minimum Gasteiger partial charge on any atom is -0.481 e. The maximum absolute atomic E-state index is 10.4. The summed E-state index contributed by atoms with van der Waals surface area (Å²) >= 11 is 0. The molecule has 1 N–H and O–H groups in total. The summed E-state index contributed by atoms with van der Waals surface area (Å²) in [5, 5.41) is 8.58. The van der Waals surface area contributed by atoms with Gasteiger partial charge in [0.25, 0.3) is 0 Å². The lowest BCUT2D eigenvalue weighted by Gasteiger charge is -2.11. The van der Waals surface area contributed by atoms with Gasteiger partial charge in [0.05, 0.1) is 0 Å². The van der Waals surface area contributed by atoms with Crippen LogP contribution in [0, 0.1) is 6.92 Å². The Labute approximate surface area is 104 Å². The predicted molar refractivity (Wildman–Crippen MR) is 70.5 cm³/mol. The van der Waals surface area contributed by atoms with Crippen molar-refractivity contribution in [1.29, 1.82) is 0 Å². The normalized spacial score (nSPS) is 10.8. The average Bonchev–Trinajstić information content (AvgIpc) is 2.25. The highest BCUT2D eigenvalue weighted by molar-refractivity contribution is 5.66. The molecule has 94 valence electrons. The molecule has 0 saturated heterocycles. The fourth-order valence-corrected chi connectivity index (χ4v) is 1.91. The molecule has 1 aromatic carbocycles. The number of benzene rings is 1. The molecule has 0 aliphatic heterocycles. The molecule has 0 amide bonds. The van der Waals surface area contributed by atoms with Crippen LogP contribution in [-0.2, 0) is 11.2 Å². The van der Waals surface area contributed by atoms with Crippen LogP contribution in [-0.4, -0.2) is 11.1 Å². The first-order chi connectivity index (χ1) is 8.00. The molecule has 0 saturated carbocycles. The Morgan fingerprint density at radius 1 is 1.29 bits per heavy atom. The lowest BCUT2D eigenvalue weighted by Crippen LogP contribution is -1.97. The van der Waals surface area contributed by atoms with Crippen molar-refractivity contribution in [3.05, 3.63) is 34.9 Å². The van der Waals surface area contributed by atoms with Gasteiger partial charge in [-0.1, -0.05) is 32.0 Å². The fourth-order valence-electron chi connectivity index (χ4n) is 1.91. The van der Waals surface area contributed by atoms with E-state index < -0.39 is 5.97 Å². The van der Waals surface area contributed by atoms with E-state index in [1.165, 1.54) is 16.7 Å². The molecular weight excluding hydrogens is 212 g/mol. The third kappa shape index (κ3) is 4.59. The van der Waals surface area contributed by atoms with Gasteiger partial charge in [-0.05, 0) is 48.8 Å². The van der Waals surface area contributed by atoms with Crippen LogP contribution in [0.25, 0.3) is 0 Å². The molecule has 0 heterocycles. The number of unbranched alkanes of at least 4 members (excludes halogenated alkanes) is 1. The first kappa shape index (κ1) is 13.8. The largest absolute Gasteiger partial charge is 0.481 e. The molecule has 0 atom stereocenters. The van der Waals surface area contributed by atoms with Crippen LogP contribution in [0.4, 0.5) is 0 Å². The SMILES string of the molecule is Cc1ccc(C(C)C)cc1CCCCC(=O)O. The number of aliphatic carboxylic acids is 1. The average molecular weight is 234 g/mol. The van der Waals surface area contributed by atoms with Crippen LogP contribution >= 0.6 is 0 Å². The van der Waals surface area contributed by atoms with Crippen molar-refractivity contribution in [2.75, 3.05) is 0 Å². The fraction of sp³-hybridized carbons (Fsp3) is 0.533. The molecule has 0 aliphatic rings. The molecule has 0 aliphatic carbocycles. The number of rotatable bonds is 6. The lowest BCUT2D eigenvalue weighted by molar-refractivity contribution is -0.137. The Bertz CT molecular complexity index is 381. The zero-order chi connectivity index (χ0) is 12.8. The highest BCUT2D eigenvalue weighted by Gasteiger charge is 2.04. The van der Waals surface area contributed by atoms with Gasteiger partial charge >= 0.3 is 5.97 Å². The number of hydrogen-bond donors (Lipinski definition) is 1. The molecule has 0 bridgehead atoms. The van der Waals surface area contributed by atoms with Gasteiger partial charge in [-0.3, -0.25) is 4.79 Å². The van der Waals surface area contributed by atoms with Gasteiger partial charge in [0.1, 0.15) is 0 Å². The highest BCUT2D eigenvalue weighted by Crippen LogP contribution is 2.20. The summed E-state index contributed by atoms with van der Waals surface area (Å²) in [7, 11) is 0. The van der Waals surface area contributed by atoms with Crippen molar-refractivity contribution in [3.8, 4) is 0 Å². The van der Waals surface area contributed by atoms with Gasteiger partial charge in [0.2, 0.25) is 0 Å². The predicted octanol–water partition coefficient (Wildman–Crippen LogP) is 3.92. The van der Waals surface area contributed by atoms with E-state index >= 15 is 0 Å². The molecule has 0 unspecified atom stereocenters. The number of carboxylic acids is 1. The maximum Gasteiger partial charge on any atom is 0.303 e. The Morgan fingerprint density at radius 2 is 2.00 bits per heavy atom. The second-order valence-corrected chi connectivity index (χ2v) is 4.94. The van der Waals surface area contributed by atoms with E-state index in [1.54, 1.807) is 0 Å². The van der Waals surface area contributed by atoms with Gasteiger partial charge in [-0.2, -0.15) is 0 Å². The molecule has 1 rings (SSSR count). The Balaban J connectivity index is 2.57. The Morgan fingerprint density at radius 3 is 2.59 bits per heavy atom. The molecule has 2 nitrogen and oxygen atoms in total. The van der Waals surface area contributed by atoms with Gasteiger partial charge in [-0.15, -0.1) is 0 Å². The number of carboxylic acid groups (broad SMARTS) is 1. The van der Waals surface area contributed by atoms with Crippen molar-refractivity contribution < 1.29 is 9.90 Å². The van der Waals surface area contributed by atoms with Crippen molar-refractivity contribution >= 4 is 5.97 Å². The van der Waals surface area contributed by atoms with E-state index in [4.69, 9.17) is 5.11 Å². The third-order valence-corrected chi connectivity index (χ3v) is 3.13. The highest BCUT2D eigenvalue weighted by atomic mass is 16.4. The van der Waals surface area contributed by atoms with Crippen LogP contribution in [0.5, 0.6) is 0 Å². The van der Waals surface area contributed by atoms with Gasteiger partial charge in [0, 0.05) is 6.42 Å². The van der Waals surface area contributed by atoms with E-state index in [2.05, 4.69) is 39.0 Å². The molecule has 0 aromatic heterocycles. The molecular formula is C15H22O2. The summed E-state index contributed by atoms with van der Waals surface area (Å²) in [6.45, 7) is 6.51. The van der Waals surface area contributed by atoms with E-state index in [9.17, 15) is 4.79 Å². The van der Waals surface area contributed by atoms with E-state index in [0.717, 1.165) is 19.3 Å². The van der Waals surface area contributed by atoms with E-state index in [1.807, 2.05) is 0 Å².